The minimum atomic E-state index is -2.15. The van der Waals surface area contributed by atoms with Gasteiger partial charge in [0.05, 0.1) is 17.3 Å². The van der Waals surface area contributed by atoms with Gasteiger partial charge in [-0.25, -0.2) is 0 Å². The van der Waals surface area contributed by atoms with E-state index in [1.54, 1.807) is 111 Å². The lowest BCUT2D eigenvalue weighted by Crippen LogP contribution is -2.66. The number of allylic oxidation sites excluding steroid dienone is 4. The first kappa shape index (κ1) is 108. The first-order valence-electron chi connectivity index (χ1n) is 40.9. The van der Waals surface area contributed by atoms with Gasteiger partial charge in [0.25, 0.3) is 23.6 Å². The first-order chi connectivity index (χ1) is 53.5. The predicted molar refractivity (Wildman–Crippen MR) is 449 cm³/mol. The third-order valence-corrected chi connectivity index (χ3v) is 20.8. The van der Waals surface area contributed by atoms with E-state index in [4.69, 9.17) is 0 Å². The van der Waals surface area contributed by atoms with Gasteiger partial charge in [-0.05, 0) is 195 Å². The molecule has 0 heterocycles. The molecule has 0 aromatic rings. The Morgan fingerprint density at radius 2 is 0.709 bits per heavy atom. The van der Waals surface area contributed by atoms with E-state index in [0.29, 0.717) is 29.7 Å². The molecular weight excluding hydrogens is 1510 g/mol. The highest BCUT2D eigenvalue weighted by Crippen LogP contribution is 2.28. The SMILES string of the molecule is CC/C(C)=C(\NC(=O)[C@@H](NC(=O)C(C)(C)C(=O)C(C)CC(C)C)[C@@H](C)C(C)O)C(=O)N[C@@H](C)C(=O)N/C(C(=O)N[C@H](C(=O)N[C@H](C(=O)N[C@H](C(=O)N[C@H](C(=O)N/C(C(=O)N[C@@H](C)C(=O)N[C@H](C(=O)N[C@H](C(=O)NC(C(=O)N[C@H](CN(C)C)C(C)C)=C(C)C)C(C)C)C(C)C)=C(\C)CC)C(C)(C)O)C(C)(C)O)[C@@H](C)CC)C(C)C)=C(\C)CC. The molecule has 0 aliphatic rings. The van der Waals surface area contributed by atoms with Crippen molar-refractivity contribution in [2.75, 3.05) is 20.6 Å². The molecule has 0 saturated heterocycles. The zero-order valence-electron chi connectivity index (χ0n) is 76.1. The van der Waals surface area contributed by atoms with Crippen molar-refractivity contribution in [3.05, 3.63) is 45.1 Å². The summed E-state index contributed by atoms with van der Waals surface area (Å²) in [5.74, 6) is -16.6. The number of nitrogens with zero attached hydrogens (tertiary/aromatic N) is 1. The standard InChI is InChI=1S/C84H147N15O18/c1-34-46(17)60(94-78(112)64(51(22)54(25)100)96-81(115)82(26,27)67(101)50(21)38-40(5)6)74(108)86-53(24)69(103)92-62(48(19)36-3)76(110)91-59(45(15)16)73(107)93-63(49(20)37-4)77(111)97-66(84(30,31)117)80(114)98-65(83(28,29)116)79(113)95-61(47(18)35-2)75(109)85-52(23)68(102)88-57(43(11)12)71(105)90-58(44(13)14)72(106)89-56(42(9)10)70(104)87-55(41(7)8)39-99(32)33/h40-41,43-45,49-55,57-59,63-66,100,116-117H,34-39H2,1-33H3,(H,85,109)(H,86,108)(H,87,104)(H,88,102)(H,89,106)(H,90,105)(H,91,110)(H,92,103)(H,93,107)(H,94,112)(H,95,113)(H,96,115)(H,97,111)(H,98,114)/b60-46-,61-47+,62-48+/t49-,50?,51-,52-,53-,54?,55+,57-,58-,59-,63-,64-,65+,66+/m0/s1. The van der Waals surface area contributed by atoms with Crippen LogP contribution in [0.3, 0.4) is 0 Å². The summed E-state index contributed by atoms with van der Waals surface area (Å²) in [5.41, 5.74) is -5.38. The molecule has 0 aliphatic carbocycles. The molecular formula is C84H147N15O18. The van der Waals surface area contributed by atoms with E-state index in [2.05, 4.69) is 74.4 Å². The van der Waals surface area contributed by atoms with Crippen LogP contribution in [0.25, 0.3) is 0 Å². The molecule has 14 atom stereocenters. The lowest BCUT2D eigenvalue weighted by molar-refractivity contribution is -0.145. The number of Topliss-reactive ketones (excluding diaryl/α,β-unsaturated/α-hetero) is 1. The molecule has 17 N–H and O–H groups in total. The second-order valence-corrected chi connectivity index (χ2v) is 35.1. The highest BCUT2D eigenvalue weighted by atomic mass is 16.3. The lowest BCUT2D eigenvalue weighted by Gasteiger charge is -2.35. The van der Waals surface area contributed by atoms with Gasteiger partial charge in [-0.15, -0.1) is 0 Å². The molecule has 0 aliphatic heterocycles. The van der Waals surface area contributed by atoms with Crippen LogP contribution in [0.5, 0.6) is 0 Å². The maximum Gasteiger partial charge on any atom is 0.268 e. The van der Waals surface area contributed by atoms with Crippen LogP contribution in [0.1, 0.15) is 247 Å². The average molecular weight is 1660 g/mol. The van der Waals surface area contributed by atoms with Crippen LogP contribution in [-0.4, -0.2) is 207 Å². The number of hydrogen-bond acceptors (Lipinski definition) is 19. The van der Waals surface area contributed by atoms with E-state index in [0.717, 1.165) is 0 Å². The summed E-state index contributed by atoms with van der Waals surface area (Å²) in [4.78, 5) is 214. The molecule has 0 saturated carbocycles. The van der Waals surface area contributed by atoms with E-state index >= 15 is 0 Å². The summed E-state index contributed by atoms with van der Waals surface area (Å²) >= 11 is 0. The number of nitrogens with one attached hydrogen (secondary N) is 14. The summed E-state index contributed by atoms with van der Waals surface area (Å²) in [5, 5.41) is 70.4. The van der Waals surface area contributed by atoms with Crippen LogP contribution in [0.2, 0.25) is 0 Å². The van der Waals surface area contributed by atoms with Gasteiger partial charge in [0, 0.05) is 24.4 Å². The molecule has 0 rings (SSSR count). The van der Waals surface area contributed by atoms with Crippen molar-refractivity contribution in [2.24, 2.45) is 52.8 Å². The van der Waals surface area contributed by atoms with Crippen molar-refractivity contribution in [1.82, 2.24) is 79.3 Å². The lowest BCUT2D eigenvalue weighted by atomic mass is 9.78. The second kappa shape index (κ2) is 48.2. The molecule has 0 aromatic carbocycles. The molecule has 0 aromatic heterocycles. The second-order valence-electron chi connectivity index (χ2n) is 35.1. The Bertz CT molecular complexity index is 3650. The fraction of sp³-hybridized carbons (Fsp3) is 0.726. The van der Waals surface area contributed by atoms with Crippen LogP contribution < -0.4 is 74.4 Å². The van der Waals surface area contributed by atoms with Gasteiger partial charge in [0.15, 0.2) is 5.78 Å². The average Bonchev–Trinajstić information content (AvgIpc) is 0.812. The number of aliphatic hydroxyl groups excluding tert-OH is 1. The third-order valence-electron chi connectivity index (χ3n) is 20.8. The normalized spacial score (nSPS) is 16.3. The summed E-state index contributed by atoms with van der Waals surface area (Å²) in [7, 11) is 3.75. The van der Waals surface area contributed by atoms with Gasteiger partial charge in [-0.1, -0.05) is 124 Å². The smallest absolute Gasteiger partial charge is 0.268 e. The minimum absolute atomic E-state index is 0.0137. The number of likely N-dealkylation sites (N-methyl/N-ethyl adjacent to an activating group) is 1. The number of aliphatic hydroxyl groups is 3. The Morgan fingerprint density at radius 1 is 0.368 bits per heavy atom. The van der Waals surface area contributed by atoms with Gasteiger partial charge >= 0.3 is 0 Å². The Morgan fingerprint density at radius 3 is 1.09 bits per heavy atom. The fourth-order valence-electron chi connectivity index (χ4n) is 12.0. The van der Waals surface area contributed by atoms with E-state index < -0.39 is 195 Å². The first-order valence-corrected chi connectivity index (χ1v) is 40.9. The van der Waals surface area contributed by atoms with Gasteiger partial charge in [0.1, 0.15) is 82.6 Å². The number of carbonyl (C=O) groups is 15. The van der Waals surface area contributed by atoms with Gasteiger partial charge in [-0.2, -0.15) is 0 Å². The highest BCUT2D eigenvalue weighted by molar-refractivity contribution is 6.09. The fourth-order valence-corrected chi connectivity index (χ4v) is 12.0. The van der Waals surface area contributed by atoms with Crippen molar-refractivity contribution in [3.8, 4) is 0 Å². The van der Waals surface area contributed by atoms with Crippen LogP contribution in [-0.2, 0) is 71.9 Å². The van der Waals surface area contributed by atoms with E-state index in [9.17, 15) is 87.2 Å². The molecule has 2 unspecified atom stereocenters. The number of amides is 14. The quantitative estimate of drug-likeness (QED) is 0.0305. The summed E-state index contributed by atoms with van der Waals surface area (Å²) in [6.07, 6.45) is 0.171. The topological polar surface area (TPSA) is 488 Å². The summed E-state index contributed by atoms with van der Waals surface area (Å²) in [6, 6.07) is -13.8. The molecule has 0 bridgehead atoms. The van der Waals surface area contributed by atoms with Crippen molar-refractivity contribution in [1.29, 1.82) is 0 Å². The number of hydrogen-bond donors (Lipinski definition) is 17. The summed E-state index contributed by atoms with van der Waals surface area (Å²) in [6.45, 7) is 49.4. The zero-order valence-corrected chi connectivity index (χ0v) is 76.1. The predicted octanol–water partition coefficient (Wildman–Crippen LogP) is 3.75. The number of carbonyl (C=O) groups excluding carboxylic acids is 15. The zero-order chi connectivity index (χ0) is 91.5. The van der Waals surface area contributed by atoms with Crippen molar-refractivity contribution in [2.45, 2.75) is 324 Å². The van der Waals surface area contributed by atoms with Crippen LogP contribution in [0.4, 0.5) is 0 Å². The molecule has 33 nitrogen and oxygen atoms in total. The van der Waals surface area contributed by atoms with Crippen molar-refractivity contribution in [3.63, 3.8) is 0 Å². The van der Waals surface area contributed by atoms with E-state index in [1.165, 1.54) is 76.2 Å². The van der Waals surface area contributed by atoms with Crippen LogP contribution >= 0.6 is 0 Å². The van der Waals surface area contributed by atoms with Gasteiger partial charge < -0.3 is 94.7 Å². The molecule has 0 fully saturated rings. The molecule has 14 amide bonds. The summed E-state index contributed by atoms with van der Waals surface area (Å²) < 4.78 is 0. The number of rotatable bonds is 47. The molecule has 666 valence electrons. The highest BCUT2D eigenvalue weighted by Gasteiger charge is 2.46. The Balaban J connectivity index is 6.93. The largest absolute Gasteiger partial charge is 0.393 e. The Hall–Kier alpha value is -8.95. The maximum absolute atomic E-state index is 14.6. The van der Waals surface area contributed by atoms with Crippen LogP contribution in [0, 0.1) is 52.8 Å². The van der Waals surface area contributed by atoms with Gasteiger partial charge in [-0.3, -0.25) is 71.9 Å². The maximum atomic E-state index is 14.6. The Kier molecular flexibility index (Phi) is 44.5. The molecule has 117 heavy (non-hydrogen) atoms. The van der Waals surface area contributed by atoms with Crippen molar-refractivity contribution < 1.29 is 87.2 Å². The van der Waals surface area contributed by atoms with Gasteiger partial charge in [0.2, 0.25) is 59.1 Å². The van der Waals surface area contributed by atoms with E-state index in [-0.39, 0.29) is 77.7 Å². The molecule has 0 spiro atoms. The monoisotopic (exact) mass is 1650 g/mol. The molecule has 0 radical (unpaired) electrons. The van der Waals surface area contributed by atoms with E-state index in [1.807, 2.05) is 46.7 Å². The van der Waals surface area contributed by atoms with Crippen molar-refractivity contribution >= 4 is 88.5 Å². The van der Waals surface area contributed by atoms with Crippen LogP contribution in [0.15, 0.2) is 45.1 Å². The Labute approximate surface area is 695 Å². The molecule has 33 heteroatoms. The number of ketones is 1. The minimum Gasteiger partial charge on any atom is -0.393 e. The third kappa shape index (κ3) is 33.8.